The van der Waals surface area contributed by atoms with E-state index in [0.29, 0.717) is 5.69 Å². The summed E-state index contributed by atoms with van der Waals surface area (Å²) in [4.78, 5) is 25.4. The maximum atomic E-state index is 12.8. The lowest BCUT2D eigenvalue weighted by Crippen LogP contribution is -2.36. The minimum absolute atomic E-state index is 0.205. The molecule has 1 amide bonds. The van der Waals surface area contributed by atoms with Crippen molar-refractivity contribution in [3.63, 3.8) is 0 Å². The summed E-state index contributed by atoms with van der Waals surface area (Å²) in [7, 11) is 0. The van der Waals surface area contributed by atoms with Gasteiger partial charge in [-0.3, -0.25) is 4.90 Å². The van der Waals surface area contributed by atoms with Crippen LogP contribution in [0.4, 0.5) is 16.2 Å². The number of amides is 1. The molecule has 144 valence electrons. The van der Waals surface area contributed by atoms with Crippen LogP contribution in [0.15, 0.2) is 48.5 Å². The maximum absolute atomic E-state index is 12.8. The second kappa shape index (κ2) is 8.58. The van der Waals surface area contributed by atoms with Crippen LogP contribution >= 0.6 is 0 Å². The number of carboxylic acids is 1. The minimum Gasteiger partial charge on any atom is -0.478 e. The highest BCUT2D eigenvalue weighted by molar-refractivity contribution is 5.89. The Bertz CT molecular complexity index is 795. The van der Waals surface area contributed by atoms with Crippen LogP contribution in [-0.2, 0) is 11.3 Å². The molecule has 0 atom stereocenters. The number of aromatic carboxylic acids is 1. The molecule has 2 N–H and O–H groups in total. The molecule has 0 bridgehead atoms. The van der Waals surface area contributed by atoms with Crippen LogP contribution in [0.3, 0.4) is 0 Å². The van der Waals surface area contributed by atoms with E-state index in [2.05, 4.69) is 5.32 Å². The molecule has 2 aromatic rings. The molecule has 6 nitrogen and oxygen atoms in total. The number of benzene rings is 2. The molecule has 2 aromatic carbocycles. The van der Waals surface area contributed by atoms with Crippen molar-refractivity contribution >= 4 is 23.4 Å². The van der Waals surface area contributed by atoms with Gasteiger partial charge < -0.3 is 15.2 Å². The van der Waals surface area contributed by atoms with E-state index in [9.17, 15) is 9.59 Å². The average Bonchev–Trinajstić information content (AvgIpc) is 2.59. The number of carboxylic acid groups (broad SMARTS) is 1. The molecule has 6 heteroatoms. The Labute approximate surface area is 159 Å². The number of carbonyl (C=O) groups excluding carboxylic acids is 1. The number of ether oxygens (including phenoxy) is 1. The van der Waals surface area contributed by atoms with Gasteiger partial charge in [-0.05, 0) is 63.6 Å². The predicted octanol–water partition coefficient (Wildman–Crippen LogP) is 4.76. The number of carbonyl (C=O) groups is 2. The van der Waals surface area contributed by atoms with Crippen LogP contribution in [0.25, 0.3) is 0 Å². The number of hydrogen-bond donors (Lipinski definition) is 2. The predicted molar refractivity (Wildman–Crippen MR) is 106 cm³/mol. The van der Waals surface area contributed by atoms with E-state index in [1.165, 1.54) is 12.1 Å². The summed E-state index contributed by atoms with van der Waals surface area (Å²) in [5.74, 6) is -0.983. The van der Waals surface area contributed by atoms with Crippen molar-refractivity contribution in [1.29, 1.82) is 0 Å². The third-order valence-electron chi connectivity index (χ3n) is 3.69. The molecule has 0 aromatic heterocycles. The van der Waals surface area contributed by atoms with Gasteiger partial charge in [0.05, 0.1) is 12.1 Å². The first-order valence-electron chi connectivity index (χ1n) is 8.86. The van der Waals surface area contributed by atoms with Gasteiger partial charge in [0.25, 0.3) is 0 Å². The summed E-state index contributed by atoms with van der Waals surface area (Å²) in [6.45, 7) is 8.50. The van der Waals surface area contributed by atoms with E-state index in [4.69, 9.17) is 9.84 Å². The Morgan fingerprint density at radius 1 is 1.11 bits per heavy atom. The number of anilines is 2. The van der Waals surface area contributed by atoms with Crippen molar-refractivity contribution in [2.75, 3.05) is 16.8 Å². The lowest BCUT2D eigenvalue weighted by Gasteiger charge is -2.28. The topological polar surface area (TPSA) is 78.9 Å². The van der Waals surface area contributed by atoms with Gasteiger partial charge in [-0.1, -0.05) is 18.2 Å². The molecule has 0 aliphatic heterocycles. The van der Waals surface area contributed by atoms with E-state index >= 15 is 0 Å². The van der Waals surface area contributed by atoms with Crippen LogP contribution in [-0.4, -0.2) is 29.3 Å². The highest BCUT2D eigenvalue weighted by atomic mass is 16.6. The van der Waals surface area contributed by atoms with Crippen molar-refractivity contribution in [2.45, 2.75) is 39.8 Å². The molecule has 0 heterocycles. The Kier molecular flexibility index (Phi) is 6.45. The highest BCUT2D eigenvalue weighted by Crippen LogP contribution is 2.24. The zero-order valence-electron chi connectivity index (χ0n) is 16.2. The van der Waals surface area contributed by atoms with Gasteiger partial charge in [0.15, 0.2) is 0 Å². The fourth-order valence-corrected chi connectivity index (χ4v) is 2.50. The number of hydrogen-bond acceptors (Lipinski definition) is 4. The first-order valence-corrected chi connectivity index (χ1v) is 8.86. The summed E-state index contributed by atoms with van der Waals surface area (Å²) in [6.07, 6.45) is -0.460. The smallest absolute Gasteiger partial charge is 0.415 e. The molecule has 27 heavy (non-hydrogen) atoms. The Morgan fingerprint density at radius 2 is 1.78 bits per heavy atom. The van der Waals surface area contributed by atoms with Crippen molar-refractivity contribution in [2.24, 2.45) is 0 Å². The molecule has 0 unspecified atom stereocenters. The monoisotopic (exact) mass is 370 g/mol. The molecular formula is C21H26N2O4. The SMILES string of the molecule is CCNc1cccc(N(Cc2ccc(C(=O)O)cc2)C(=O)OC(C)(C)C)c1. The molecule has 2 rings (SSSR count). The molecular weight excluding hydrogens is 344 g/mol. The summed E-state index contributed by atoms with van der Waals surface area (Å²) >= 11 is 0. The normalized spacial score (nSPS) is 11.0. The molecule has 0 saturated carbocycles. The van der Waals surface area contributed by atoms with Crippen molar-refractivity contribution in [3.05, 3.63) is 59.7 Å². The summed E-state index contributed by atoms with van der Waals surface area (Å²) < 4.78 is 5.56. The Balaban J connectivity index is 2.33. The first kappa shape index (κ1) is 20.3. The van der Waals surface area contributed by atoms with Crippen LogP contribution in [0.2, 0.25) is 0 Å². The summed E-state index contributed by atoms with van der Waals surface area (Å²) in [5.41, 5.74) is 1.99. The third kappa shape index (κ3) is 6.02. The van der Waals surface area contributed by atoms with E-state index in [1.54, 1.807) is 17.0 Å². The van der Waals surface area contributed by atoms with Gasteiger partial charge in [-0.2, -0.15) is 0 Å². The van der Waals surface area contributed by atoms with Gasteiger partial charge in [0.2, 0.25) is 0 Å². The molecule has 0 aliphatic carbocycles. The highest BCUT2D eigenvalue weighted by Gasteiger charge is 2.24. The largest absolute Gasteiger partial charge is 0.478 e. The van der Waals surface area contributed by atoms with Crippen molar-refractivity contribution in [3.8, 4) is 0 Å². The molecule has 0 spiro atoms. The van der Waals surface area contributed by atoms with E-state index < -0.39 is 17.7 Å². The number of nitrogens with zero attached hydrogens (tertiary/aromatic N) is 1. The zero-order valence-corrected chi connectivity index (χ0v) is 16.2. The van der Waals surface area contributed by atoms with Gasteiger partial charge in [0, 0.05) is 17.9 Å². The first-order chi connectivity index (χ1) is 12.7. The molecule has 0 aliphatic rings. The van der Waals surface area contributed by atoms with E-state index in [-0.39, 0.29) is 12.1 Å². The van der Waals surface area contributed by atoms with E-state index in [1.807, 2.05) is 52.0 Å². The molecule has 0 saturated heterocycles. The molecule has 0 fully saturated rings. The maximum Gasteiger partial charge on any atom is 0.415 e. The van der Waals surface area contributed by atoms with E-state index in [0.717, 1.165) is 17.8 Å². The van der Waals surface area contributed by atoms with Crippen LogP contribution in [0.5, 0.6) is 0 Å². The van der Waals surface area contributed by atoms with Gasteiger partial charge in [-0.25, -0.2) is 9.59 Å². The third-order valence-corrected chi connectivity index (χ3v) is 3.69. The Morgan fingerprint density at radius 3 is 2.33 bits per heavy atom. The molecule has 0 radical (unpaired) electrons. The Hall–Kier alpha value is -3.02. The van der Waals surface area contributed by atoms with Crippen LogP contribution in [0, 0.1) is 0 Å². The van der Waals surface area contributed by atoms with Crippen LogP contribution in [0.1, 0.15) is 43.6 Å². The fourth-order valence-electron chi connectivity index (χ4n) is 2.50. The average molecular weight is 370 g/mol. The second-order valence-corrected chi connectivity index (χ2v) is 7.15. The number of rotatable bonds is 6. The van der Waals surface area contributed by atoms with Gasteiger partial charge in [-0.15, -0.1) is 0 Å². The van der Waals surface area contributed by atoms with Crippen molar-refractivity contribution < 1.29 is 19.4 Å². The summed E-state index contributed by atoms with van der Waals surface area (Å²) in [5, 5.41) is 12.3. The zero-order chi connectivity index (χ0) is 20.0. The quantitative estimate of drug-likeness (QED) is 0.766. The van der Waals surface area contributed by atoms with Crippen LogP contribution < -0.4 is 10.2 Å². The lowest BCUT2D eigenvalue weighted by molar-refractivity contribution is 0.0576. The van der Waals surface area contributed by atoms with Gasteiger partial charge >= 0.3 is 12.1 Å². The lowest BCUT2D eigenvalue weighted by atomic mass is 10.1. The van der Waals surface area contributed by atoms with Gasteiger partial charge in [0.1, 0.15) is 5.60 Å². The fraction of sp³-hybridized carbons (Fsp3) is 0.333. The van der Waals surface area contributed by atoms with Crippen molar-refractivity contribution in [1.82, 2.24) is 0 Å². The minimum atomic E-state index is -0.983. The standard InChI is InChI=1S/C21H26N2O4/c1-5-22-17-7-6-8-18(13-17)23(20(26)27-21(2,3)4)14-15-9-11-16(12-10-15)19(24)25/h6-13,22H,5,14H2,1-4H3,(H,24,25). The second-order valence-electron chi connectivity index (χ2n) is 7.15. The summed E-state index contributed by atoms with van der Waals surface area (Å²) in [6, 6.07) is 14.0. The number of nitrogens with one attached hydrogen (secondary N) is 1.